The van der Waals surface area contributed by atoms with E-state index in [0.29, 0.717) is 5.71 Å². The van der Waals surface area contributed by atoms with Gasteiger partial charge in [0.1, 0.15) is 0 Å². The normalized spacial score (nSPS) is 11.0. The Bertz CT molecular complexity index is 1050. The van der Waals surface area contributed by atoms with E-state index in [1.165, 1.54) is 24.3 Å². The van der Waals surface area contributed by atoms with Gasteiger partial charge in [0.25, 0.3) is 11.6 Å². The van der Waals surface area contributed by atoms with E-state index in [-0.39, 0.29) is 11.3 Å². The molecule has 0 saturated carbocycles. The number of carbonyl (C=O) groups is 1. The molecular formula is C22H20N4O3. The summed E-state index contributed by atoms with van der Waals surface area (Å²) in [5.74, 6) is -0.521. The fourth-order valence-corrected chi connectivity index (χ4v) is 2.74. The van der Waals surface area contributed by atoms with Crippen LogP contribution in [0.4, 0.5) is 11.4 Å². The standard InChI is InChI=1S/C22H20N4O3/c1-25(2)19-13-11-17(12-14-19)21(16-7-4-3-5-8-16)23-24-22(27)18-9-6-10-20(15-18)26(28)29/h3-15H,1-2H3,(H,24,27). The number of anilines is 1. The van der Waals surface area contributed by atoms with E-state index in [0.717, 1.165) is 16.8 Å². The van der Waals surface area contributed by atoms with Gasteiger partial charge in [-0.15, -0.1) is 0 Å². The van der Waals surface area contributed by atoms with E-state index >= 15 is 0 Å². The molecule has 29 heavy (non-hydrogen) atoms. The van der Waals surface area contributed by atoms with Gasteiger partial charge in [-0.05, 0) is 18.2 Å². The average molecular weight is 388 g/mol. The Hall–Kier alpha value is -4.00. The zero-order valence-electron chi connectivity index (χ0n) is 16.1. The number of amides is 1. The number of hydrogen-bond acceptors (Lipinski definition) is 5. The summed E-state index contributed by atoms with van der Waals surface area (Å²) in [6.07, 6.45) is 0. The van der Waals surface area contributed by atoms with Gasteiger partial charge in [-0.25, -0.2) is 5.43 Å². The molecule has 0 spiro atoms. The highest BCUT2D eigenvalue weighted by Crippen LogP contribution is 2.17. The minimum absolute atomic E-state index is 0.149. The van der Waals surface area contributed by atoms with Crippen LogP contribution >= 0.6 is 0 Å². The Labute approximate surface area is 168 Å². The second-order valence-corrected chi connectivity index (χ2v) is 6.52. The van der Waals surface area contributed by atoms with Gasteiger partial charge in [-0.2, -0.15) is 5.10 Å². The van der Waals surface area contributed by atoms with E-state index < -0.39 is 10.8 Å². The molecule has 1 amide bonds. The molecule has 0 unspecified atom stereocenters. The van der Waals surface area contributed by atoms with Crippen LogP contribution in [0.25, 0.3) is 0 Å². The molecule has 0 radical (unpaired) electrons. The van der Waals surface area contributed by atoms with E-state index in [2.05, 4.69) is 10.5 Å². The molecule has 0 aliphatic carbocycles. The number of hydrazone groups is 1. The number of benzene rings is 3. The predicted molar refractivity (Wildman–Crippen MR) is 113 cm³/mol. The van der Waals surface area contributed by atoms with Crippen LogP contribution in [0.2, 0.25) is 0 Å². The maximum atomic E-state index is 12.5. The fourth-order valence-electron chi connectivity index (χ4n) is 2.74. The highest BCUT2D eigenvalue weighted by atomic mass is 16.6. The van der Waals surface area contributed by atoms with Crippen molar-refractivity contribution in [1.29, 1.82) is 0 Å². The lowest BCUT2D eigenvalue weighted by Crippen LogP contribution is -2.20. The van der Waals surface area contributed by atoms with Crippen molar-refractivity contribution in [3.63, 3.8) is 0 Å². The lowest BCUT2D eigenvalue weighted by atomic mass is 10.0. The van der Waals surface area contributed by atoms with Crippen LogP contribution in [0.1, 0.15) is 21.5 Å². The lowest BCUT2D eigenvalue weighted by molar-refractivity contribution is -0.384. The number of nitro benzene ring substituents is 1. The fraction of sp³-hybridized carbons (Fsp3) is 0.0909. The first-order chi connectivity index (χ1) is 14.0. The van der Waals surface area contributed by atoms with Crippen molar-refractivity contribution in [3.8, 4) is 0 Å². The van der Waals surface area contributed by atoms with Gasteiger partial charge >= 0.3 is 0 Å². The summed E-state index contributed by atoms with van der Waals surface area (Å²) in [5.41, 5.74) is 5.84. The molecular weight excluding hydrogens is 368 g/mol. The van der Waals surface area contributed by atoms with Crippen LogP contribution in [-0.4, -0.2) is 30.6 Å². The van der Waals surface area contributed by atoms with E-state index in [1.807, 2.05) is 73.6 Å². The summed E-state index contributed by atoms with van der Waals surface area (Å²) in [6.45, 7) is 0. The molecule has 0 heterocycles. The van der Waals surface area contributed by atoms with Gasteiger partial charge in [0.15, 0.2) is 0 Å². The number of nitro groups is 1. The first-order valence-electron chi connectivity index (χ1n) is 8.91. The first-order valence-corrected chi connectivity index (χ1v) is 8.91. The van der Waals surface area contributed by atoms with Crippen LogP contribution in [0.15, 0.2) is 84.0 Å². The van der Waals surface area contributed by atoms with Crippen LogP contribution in [0.5, 0.6) is 0 Å². The number of rotatable bonds is 6. The summed E-state index contributed by atoms with van der Waals surface area (Å²) in [4.78, 5) is 24.9. The van der Waals surface area contributed by atoms with Crippen LogP contribution in [0, 0.1) is 10.1 Å². The molecule has 0 aliphatic heterocycles. The SMILES string of the molecule is CN(C)c1ccc(C(=NNC(=O)c2cccc([N+](=O)[O-])c2)c2ccccc2)cc1. The molecule has 3 rings (SSSR count). The van der Waals surface area contributed by atoms with Crippen molar-refractivity contribution in [2.45, 2.75) is 0 Å². The van der Waals surface area contributed by atoms with Gasteiger partial charge in [0.05, 0.1) is 10.6 Å². The summed E-state index contributed by atoms with van der Waals surface area (Å²) in [7, 11) is 3.92. The Morgan fingerprint density at radius 2 is 1.52 bits per heavy atom. The number of carbonyl (C=O) groups excluding carboxylic acids is 1. The maximum absolute atomic E-state index is 12.5. The highest BCUT2D eigenvalue weighted by Gasteiger charge is 2.13. The summed E-state index contributed by atoms with van der Waals surface area (Å²) >= 11 is 0. The molecule has 146 valence electrons. The molecule has 0 atom stereocenters. The van der Waals surface area contributed by atoms with Crippen molar-refractivity contribution in [2.75, 3.05) is 19.0 Å². The maximum Gasteiger partial charge on any atom is 0.271 e. The van der Waals surface area contributed by atoms with Crippen LogP contribution in [-0.2, 0) is 0 Å². The van der Waals surface area contributed by atoms with Gasteiger partial charge in [0.2, 0.25) is 0 Å². The molecule has 0 saturated heterocycles. The van der Waals surface area contributed by atoms with Crippen molar-refractivity contribution in [1.82, 2.24) is 5.43 Å². The minimum Gasteiger partial charge on any atom is -0.378 e. The molecule has 0 fully saturated rings. The molecule has 0 aliphatic rings. The Kier molecular flexibility index (Phi) is 5.99. The van der Waals surface area contributed by atoms with Crippen molar-refractivity contribution < 1.29 is 9.72 Å². The number of hydrogen-bond donors (Lipinski definition) is 1. The number of nitrogens with one attached hydrogen (secondary N) is 1. The van der Waals surface area contributed by atoms with Crippen LogP contribution < -0.4 is 10.3 Å². The largest absolute Gasteiger partial charge is 0.378 e. The Balaban J connectivity index is 1.92. The van der Waals surface area contributed by atoms with Crippen molar-refractivity contribution >= 4 is 23.0 Å². The third-order valence-corrected chi connectivity index (χ3v) is 4.29. The van der Waals surface area contributed by atoms with Crippen molar-refractivity contribution in [2.24, 2.45) is 5.10 Å². The van der Waals surface area contributed by atoms with Gasteiger partial charge in [-0.3, -0.25) is 14.9 Å². The summed E-state index contributed by atoms with van der Waals surface area (Å²) in [6, 6.07) is 22.8. The molecule has 0 aromatic heterocycles. The third-order valence-electron chi connectivity index (χ3n) is 4.29. The third kappa shape index (κ3) is 4.84. The minimum atomic E-state index is -0.540. The highest BCUT2D eigenvalue weighted by molar-refractivity contribution is 6.13. The monoisotopic (exact) mass is 388 g/mol. The molecule has 3 aromatic carbocycles. The molecule has 0 bridgehead atoms. The van der Waals surface area contributed by atoms with E-state index in [4.69, 9.17) is 0 Å². The summed E-state index contributed by atoms with van der Waals surface area (Å²) in [5, 5.41) is 15.3. The van der Waals surface area contributed by atoms with Crippen LogP contribution in [0.3, 0.4) is 0 Å². The first kappa shape index (κ1) is 19.8. The van der Waals surface area contributed by atoms with Gasteiger partial charge < -0.3 is 4.90 Å². The number of nitrogens with zero attached hydrogens (tertiary/aromatic N) is 3. The zero-order chi connectivity index (χ0) is 20.8. The average Bonchev–Trinajstić information content (AvgIpc) is 2.75. The van der Waals surface area contributed by atoms with Crippen molar-refractivity contribution in [3.05, 3.63) is 106 Å². The predicted octanol–water partition coefficient (Wildman–Crippen LogP) is 3.84. The molecule has 7 heteroatoms. The Morgan fingerprint density at radius 1 is 0.897 bits per heavy atom. The number of non-ortho nitro benzene ring substituents is 1. The topological polar surface area (TPSA) is 87.8 Å². The summed E-state index contributed by atoms with van der Waals surface area (Å²) < 4.78 is 0. The molecule has 1 N–H and O–H groups in total. The van der Waals surface area contributed by atoms with Gasteiger partial charge in [-0.1, -0.05) is 48.5 Å². The molecule has 7 nitrogen and oxygen atoms in total. The molecule has 3 aromatic rings. The Morgan fingerprint density at radius 3 is 2.14 bits per heavy atom. The quantitative estimate of drug-likeness (QED) is 0.395. The van der Waals surface area contributed by atoms with Gasteiger partial charge in [0, 0.05) is 48.6 Å². The lowest BCUT2D eigenvalue weighted by Gasteiger charge is -2.13. The van der Waals surface area contributed by atoms with E-state index in [9.17, 15) is 14.9 Å². The van der Waals surface area contributed by atoms with E-state index in [1.54, 1.807) is 0 Å². The second-order valence-electron chi connectivity index (χ2n) is 6.52. The zero-order valence-corrected chi connectivity index (χ0v) is 16.1. The second kappa shape index (κ2) is 8.79. The smallest absolute Gasteiger partial charge is 0.271 e.